The molecular formula is C23H34N6O2Si. The second-order valence-electron chi connectivity index (χ2n) is 10.1. The summed E-state index contributed by atoms with van der Waals surface area (Å²) in [7, 11) is -1.11. The lowest BCUT2D eigenvalue weighted by Gasteiger charge is -2.22. The average molecular weight is 455 g/mol. The summed E-state index contributed by atoms with van der Waals surface area (Å²) in [6, 6.07) is 3.17. The molecule has 8 nitrogen and oxygen atoms in total. The molecule has 1 aliphatic carbocycles. The van der Waals surface area contributed by atoms with Crippen molar-refractivity contribution in [2.24, 2.45) is 11.7 Å². The molecule has 1 amide bonds. The quantitative estimate of drug-likeness (QED) is 0.365. The Hall–Kier alpha value is -2.52. The zero-order valence-corrected chi connectivity index (χ0v) is 20.3. The summed E-state index contributed by atoms with van der Waals surface area (Å²) in [5.74, 6) is 0.157. The average Bonchev–Trinajstić information content (AvgIpc) is 3.49. The summed E-state index contributed by atoms with van der Waals surface area (Å²) >= 11 is 0. The molecule has 9 heteroatoms. The van der Waals surface area contributed by atoms with Crippen molar-refractivity contribution in [1.29, 1.82) is 0 Å². The number of ether oxygens (including phenoxy) is 1. The maximum absolute atomic E-state index is 11.7. The summed E-state index contributed by atoms with van der Waals surface area (Å²) in [5, 5.41) is 5.57. The molecule has 1 atom stereocenters. The highest BCUT2D eigenvalue weighted by Gasteiger charge is 2.28. The van der Waals surface area contributed by atoms with Gasteiger partial charge in [-0.3, -0.25) is 9.48 Å². The smallest absolute Gasteiger partial charge is 0.219 e. The number of amides is 1. The van der Waals surface area contributed by atoms with Crippen LogP contribution in [0.3, 0.4) is 0 Å². The van der Waals surface area contributed by atoms with Crippen molar-refractivity contribution in [3.05, 3.63) is 31.0 Å². The standard InChI is InChI=1S/C23H34N6O2Si/c1-32(2,3)11-10-31-16-28-9-8-19-22(25-15-26-23(19)28)18-13-27-29(14-18)20(12-21(24)30)17-6-4-5-7-17/h8-9,13-15,17,20H,4-7,10-12,16H2,1-3H3,(H2,24,30). The van der Waals surface area contributed by atoms with E-state index in [1.807, 2.05) is 33.9 Å². The molecule has 3 heterocycles. The third-order valence-electron chi connectivity index (χ3n) is 6.35. The SMILES string of the molecule is C[Si](C)(C)CCOCn1ccc2c(-c3cnn(C(CC(N)=O)C4CCCC4)c3)ncnc21. The molecule has 0 bridgehead atoms. The van der Waals surface area contributed by atoms with Crippen molar-refractivity contribution in [3.63, 3.8) is 0 Å². The van der Waals surface area contributed by atoms with E-state index in [1.165, 1.54) is 12.8 Å². The van der Waals surface area contributed by atoms with Gasteiger partial charge in [0.25, 0.3) is 0 Å². The molecule has 2 N–H and O–H groups in total. The van der Waals surface area contributed by atoms with Gasteiger partial charge < -0.3 is 15.0 Å². The molecule has 32 heavy (non-hydrogen) atoms. The summed E-state index contributed by atoms with van der Waals surface area (Å²) in [5.41, 5.74) is 8.16. The summed E-state index contributed by atoms with van der Waals surface area (Å²) in [6.07, 6.45) is 12.4. The van der Waals surface area contributed by atoms with Crippen molar-refractivity contribution < 1.29 is 9.53 Å². The second-order valence-corrected chi connectivity index (χ2v) is 15.7. The van der Waals surface area contributed by atoms with E-state index in [1.54, 1.807) is 6.33 Å². The van der Waals surface area contributed by atoms with Crippen LogP contribution in [0.5, 0.6) is 0 Å². The van der Waals surface area contributed by atoms with E-state index < -0.39 is 8.07 Å². The number of rotatable bonds is 10. The topological polar surface area (TPSA) is 101 Å². The molecular weight excluding hydrogens is 420 g/mol. The maximum atomic E-state index is 11.7. The van der Waals surface area contributed by atoms with Crippen molar-refractivity contribution in [2.75, 3.05) is 6.61 Å². The van der Waals surface area contributed by atoms with Crippen LogP contribution in [-0.2, 0) is 16.3 Å². The van der Waals surface area contributed by atoms with E-state index >= 15 is 0 Å². The Kier molecular flexibility index (Phi) is 6.76. The van der Waals surface area contributed by atoms with Gasteiger partial charge in [0.2, 0.25) is 5.91 Å². The fraction of sp³-hybridized carbons (Fsp3) is 0.565. The number of carbonyl (C=O) groups is 1. The monoisotopic (exact) mass is 454 g/mol. The zero-order chi connectivity index (χ0) is 22.7. The Morgan fingerprint density at radius 1 is 1.28 bits per heavy atom. The third kappa shape index (κ3) is 5.27. The Balaban J connectivity index is 1.54. The zero-order valence-electron chi connectivity index (χ0n) is 19.3. The van der Waals surface area contributed by atoms with Crippen LogP contribution < -0.4 is 5.73 Å². The molecule has 1 unspecified atom stereocenters. The van der Waals surface area contributed by atoms with Crippen molar-refractivity contribution in [3.8, 4) is 11.3 Å². The van der Waals surface area contributed by atoms with E-state index in [9.17, 15) is 4.79 Å². The van der Waals surface area contributed by atoms with Crippen LogP contribution in [0.2, 0.25) is 25.7 Å². The minimum Gasteiger partial charge on any atom is -0.370 e. The highest BCUT2D eigenvalue weighted by molar-refractivity contribution is 6.76. The van der Waals surface area contributed by atoms with Crippen LogP contribution in [0.1, 0.15) is 38.1 Å². The Bertz CT molecular complexity index is 1060. The first-order chi connectivity index (χ1) is 15.3. The first-order valence-corrected chi connectivity index (χ1v) is 15.2. The van der Waals surface area contributed by atoms with Crippen LogP contribution >= 0.6 is 0 Å². The molecule has 0 radical (unpaired) electrons. The van der Waals surface area contributed by atoms with Gasteiger partial charge in [-0.15, -0.1) is 0 Å². The van der Waals surface area contributed by atoms with Crippen molar-refractivity contribution in [1.82, 2.24) is 24.3 Å². The molecule has 0 aliphatic heterocycles. The van der Waals surface area contributed by atoms with E-state index in [0.29, 0.717) is 19.1 Å². The number of aromatic nitrogens is 5. The largest absolute Gasteiger partial charge is 0.370 e. The molecule has 0 aromatic carbocycles. The molecule has 0 saturated heterocycles. The Labute approximate surface area is 190 Å². The van der Waals surface area contributed by atoms with Gasteiger partial charge >= 0.3 is 0 Å². The van der Waals surface area contributed by atoms with Gasteiger partial charge in [-0.05, 0) is 30.9 Å². The number of hydrogen-bond acceptors (Lipinski definition) is 5. The summed E-state index contributed by atoms with van der Waals surface area (Å²) in [6.45, 7) is 8.29. The van der Waals surface area contributed by atoms with Crippen molar-refractivity contribution >= 4 is 25.0 Å². The van der Waals surface area contributed by atoms with E-state index in [0.717, 1.165) is 47.8 Å². The summed E-state index contributed by atoms with van der Waals surface area (Å²) in [4.78, 5) is 20.7. The molecule has 4 rings (SSSR count). The molecule has 172 valence electrons. The van der Waals surface area contributed by atoms with Crippen LogP contribution in [0.4, 0.5) is 0 Å². The van der Waals surface area contributed by atoms with Crippen LogP contribution in [0.25, 0.3) is 22.3 Å². The van der Waals surface area contributed by atoms with Gasteiger partial charge in [-0.1, -0.05) is 32.5 Å². The van der Waals surface area contributed by atoms with Crippen LogP contribution in [0, 0.1) is 5.92 Å². The lowest BCUT2D eigenvalue weighted by atomic mass is 9.95. The fourth-order valence-electron chi connectivity index (χ4n) is 4.55. The fourth-order valence-corrected chi connectivity index (χ4v) is 5.30. The van der Waals surface area contributed by atoms with Gasteiger partial charge in [-0.2, -0.15) is 5.10 Å². The lowest BCUT2D eigenvalue weighted by molar-refractivity contribution is -0.119. The lowest BCUT2D eigenvalue weighted by Crippen LogP contribution is -2.24. The van der Waals surface area contributed by atoms with Crippen LogP contribution in [-0.4, -0.2) is 44.9 Å². The summed E-state index contributed by atoms with van der Waals surface area (Å²) < 4.78 is 9.85. The highest BCUT2D eigenvalue weighted by Crippen LogP contribution is 2.37. The second kappa shape index (κ2) is 9.54. The first-order valence-electron chi connectivity index (χ1n) is 11.5. The molecule has 3 aromatic heterocycles. The number of hydrogen-bond donors (Lipinski definition) is 1. The van der Waals surface area contributed by atoms with Gasteiger partial charge in [0.05, 0.1) is 17.9 Å². The molecule has 1 saturated carbocycles. The molecule has 0 spiro atoms. The number of nitrogens with two attached hydrogens (primary N) is 1. The van der Waals surface area contributed by atoms with E-state index in [-0.39, 0.29) is 11.9 Å². The Morgan fingerprint density at radius 2 is 2.06 bits per heavy atom. The minimum absolute atomic E-state index is 0.00504. The number of carbonyl (C=O) groups excluding carboxylic acids is 1. The van der Waals surface area contributed by atoms with Gasteiger partial charge in [-0.25, -0.2) is 9.97 Å². The molecule has 1 aliphatic rings. The van der Waals surface area contributed by atoms with Crippen molar-refractivity contribution in [2.45, 2.75) is 70.6 Å². The third-order valence-corrected chi connectivity index (χ3v) is 8.06. The normalized spacial score (nSPS) is 16.1. The number of nitrogens with zero attached hydrogens (tertiary/aromatic N) is 5. The van der Waals surface area contributed by atoms with Gasteiger partial charge in [0.15, 0.2) is 0 Å². The molecule has 3 aromatic rings. The van der Waals surface area contributed by atoms with Gasteiger partial charge in [0, 0.05) is 44.4 Å². The maximum Gasteiger partial charge on any atom is 0.219 e. The number of fused-ring (bicyclic) bond motifs is 1. The number of primary amides is 1. The predicted molar refractivity (Wildman–Crippen MR) is 128 cm³/mol. The minimum atomic E-state index is -1.11. The highest BCUT2D eigenvalue weighted by atomic mass is 28.3. The van der Waals surface area contributed by atoms with Gasteiger partial charge in [0.1, 0.15) is 18.7 Å². The van der Waals surface area contributed by atoms with E-state index in [2.05, 4.69) is 34.7 Å². The first kappa shape index (κ1) is 22.7. The molecule has 1 fully saturated rings. The van der Waals surface area contributed by atoms with Crippen LogP contribution in [0.15, 0.2) is 31.0 Å². The Morgan fingerprint density at radius 3 is 2.78 bits per heavy atom. The van der Waals surface area contributed by atoms with E-state index in [4.69, 9.17) is 10.5 Å². The predicted octanol–water partition coefficient (Wildman–Crippen LogP) is 4.21.